The monoisotopic (exact) mass is 400 g/mol. The molecular weight excluding hydrogens is 381 g/mol. The fraction of sp³-hybridized carbons (Fsp3) is 0.200. The van der Waals surface area contributed by atoms with Crippen molar-refractivity contribution in [1.29, 1.82) is 0 Å². The number of aryl methyl sites for hydroxylation is 1. The first kappa shape index (κ1) is 18.0. The summed E-state index contributed by atoms with van der Waals surface area (Å²) < 4.78 is 18.5. The molecule has 1 aromatic carbocycles. The maximum atomic E-state index is 13.4. The van der Waals surface area contributed by atoms with Crippen LogP contribution in [0.5, 0.6) is 0 Å². The Balaban J connectivity index is 1.94. The second kappa shape index (κ2) is 6.98. The molecule has 3 aromatic rings. The Morgan fingerprint density at radius 2 is 2.00 bits per heavy atom. The first-order valence-electron chi connectivity index (χ1n) is 8.61. The Hall–Kier alpha value is -2.38. The summed E-state index contributed by atoms with van der Waals surface area (Å²) in [6.45, 7) is 2.55. The largest absolute Gasteiger partial charge is 0.337 e. The van der Waals surface area contributed by atoms with Crippen molar-refractivity contribution in [2.45, 2.75) is 18.4 Å². The van der Waals surface area contributed by atoms with Crippen LogP contribution in [-0.4, -0.2) is 11.6 Å². The lowest BCUT2D eigenvalue weighted by Crippen LogP contribution is -2.35. The van der Waals surface area contributed by atoms with E-state index >= 15 is 0 Å². The van der Waals surface area contributed by atoms with E-state index < -0.39 is 0 Å². The highest BCUT2D eigenvalue weighted by Crippen LogP contribution is 2.44. The number of hydrogen-bond donors (Lipinski definition) is 0. The Morgan fingerprint density at radius 1 is 1.22 bits per heavy atom. The number of nitrogens with zero attached hydrogens (tertiary/aromatic N) is 3. The second-order valence-electron chi connectivity index (χ2n) is 6.28. The molecule has 4 rings (SSSR count). The van der Waals surface area contributed by atoms with Crippen molar-refractivity contribution in [2.75, 3.05) is 11.9 Å². The number of thiazole rings is 1. The summed E-state index contributed by atoms with van der Waals surface area (Å²) in [5.41, 5.74) is 1.97. The third kappa shape index (κ3) is 3.11. The van der Waals surface area contributed by atoms with Gasteiger partial charge in [0.2, 0.25) is 11.9 Å². The van der Waals surface area contributed by atoms with E-state index in [2.05, 4.69) is 17.0 Å². The third-order valence-corrected chi connectivity index (χ3v) is 7.05. The lowest BCUT2D eigenvalue weighted by molar-refractivity contribution is -0.674. The van der Waals surface area contributed by atoms with Crippen LogP contribution in [0.1, 0.15) is 12.6 Å². The van der Waals surface area contributed by atoms with E-state index in [0.29, 0.717) is 6.54 Å². The molecule has 27 heavy (non-hydrogen) atoms. The van der Waals surface area contributed by atoms with Crippen LogP contribution in [0.15, 0.2) is 52.3 Å². The molecule has 0 spiro atoms. The van der Waals surface area contributed by atoms with Crippen LogP contribution in [0.25, 0.3) is 11.1 Å². The number of benzene rings is 1. The van der Waals surface area contributed by atoms with Crippen molar-refractivity contribution in [1.82, 2.24) is 4.57 Å². The molecule has 0 atom stereocenters. The molecule has 2 aromatic heterocycles. The molecule has 0 amide bonds. The van der Waals surface area contributed by atoms with Gasteiger partial charge in [-0.15, -0.1) is 11.3 Å². The second-order valence-corrected chi connectivity index (χ2v) is 8.34. The molecule has 0 radical (unpaired) electrons. The third-order valence-electron chi connectivity index (χ3n) is 4.57. The van der Waals surface area contributed by atoms with E-state index in [9.17, 15) is 9.18 Å². The van der Waals surface area contributed by atoms with E-state index in [1.807, 2.05) is 32.2 Å². The van der Waals surface area contributed by atoms with Crippen molar-refractivity contribution >= 4 is 39.9 Å². The summed E-state index contributed by atoms with van der Waals surface area (Å²) in [7, 11) is 3.79. The summed E-state index contributed by atoms with van der Waals surface area (Å²) in [5.74, 6) is -0.285. The minimum atomic E-state index is -0.285. The van der Waals surface area contributed by atoms with E-state index in [-0.39, 0.29) is 11.4 Å². The van der Waals surface area contributed by atoms with Crippen LogP contribution in [-0.2, 0) is 13.6 Å². The summed E-state index contributed by atoms with van der Waals surface area (Å²) in [6.07, 6.45) is 3.37. The number of para-hydroxylation sites is 1. The molecule has 7 heteroatoms. The number of rotatable bonds is 2. The van der Waals surface area contributed by atoms with Gasteiger partial charge >= 0.3 is 0 Å². The van der Waals surface area contributed by atoms with Gasteiger partial charge in [0.15, 0.2) is 5.82 Å². The topological polar surface area (TPSA) is 29.1 Å². The molecular formula is C20H19FN3OS2+. The Morgan fingerprint density at radius 3 is 2.70 bits per heavy atom. The van der Waals surface area contributed by atoms with Crippen molar-refractivity contribution < 1.29 is 8.96 Å². The minimum Gasteiger partial charge on any atom is -0.337 e. The predicted octanol–water partition coefficient (Wildman–Crippen LogP) is 2.03. The average Bonchev–Trinajstić information content (AvgIpc) is 3.14. The highest BCUT2D eigenvalue weighted by Gasteiger charge is 2.24. The minimum absolute atomic E-state index is 0.0145. The van der Waals surface area contributed by atoms with Gasteiger partial charge in [-0.3, -0.25) is 9.36 Å². The van der Waals surface area contributed by atoms with Gasteiger partial charge in [0.1, 0.15) is 21.3 Å². The number of anilines is 1. The Labute approximate surface area is 164 Å². The zero-order valence-electron chi connectivity index (χ0n) is 15.3. The fourth-order valence-corrected chi connectivity index (χ4v) is 5.59. The standard InChI is InChI=1S/C20H19FN3OS2/c1-4-24-17(11-14-10-9-13(21)12-22(14)2)27-18(19(24)25)20-23(3)15-7-5-6-8-16(15)26-20/h5-12H,4H2,1-3H3/q+1. The molecule has 0 aliphatic carbocycles. The van der Waals surface area contributed by atoms with Crippen molar-refractivity contribution in [3.63, 3.8) is 0 Å². The molecule has 1 aliphatic heterocycles. The summed E-state index contributed by atoms with van der Waals surface area (Å²) >= 11 is 3.10. The van der Waals surface area contributed by atoms with Gasteiger partial charge < -0.3 is 4.90 Å². The number of aromatic nitrogens is 2. The molecule has 0 bridgehead atoms. The molecule has 1 aliphatic rings. The lowest BCUT2D eigenvalue weighted by Gasteiger charge is -2.11. The van der Waals surface area contributed by atoms with E-state index in [0.717, 1.165) is 30.5 Å². The van der Waals surface area contributed by atoms with Crippen LogP contribution in [0, 0.1) is 5.82 Å². The zero-order chi connectivity index (χ0) is 19.1. The number of pyridine rings is 1. The fourth-order valence-electron chi connectivity index (χ4n) is 3.13. The zero-order valence-corrected chi connectivity index (χ0v) is 16.9. The van der Waals surface area contributed by atoms with Crippen LogP contribution in [0.3, 0.4) is 0 Å². The van der Waals surface area contributed by atoms with Crippen molar-refractivity contribution in [3.8, 4) is 0 Å². The summed E-state index contributed by atoms with van der Waals surface area (Å²) in [5, 5.41) is 0.955. The molecule has 0 N–H and O–H groups in total. The van der Waals surface area contributed by atoms with Crippen molar-refractivity contribution in [3.05, 3.63) is 73.7 Å². The summed E-state index contributed by atoms with van der Waals surface area (Å²) in [4.78, 5) is 16.3. The number of fused-ring (bicyclic) bond motifs is 1. The smallest absolute Gasteiger partial charge is 0.271 e. The SMILES string of the molecule is CCn1c(=Cc2ccc(F)c[n+]2C)sc(=C2Sc3ccccc3N2C)c1=O. The van der Waals surface area contributed by atoms with Crippen molar-refractivity contribution in [2.24, 2.45) is 7.05 Å². The van der Waals surface area contributed by atoms with Gasteiger partial charge in [0, 0.05) is 30.6 Å². The Kier molecular flexibility index (Phi) is 4.65. The molecule has 0 fully saturated rings. The maximum absolute atomic E-state index is 13.4. The van der Waals surface area contributed by atoms with Crippen LogP contribution >= 0.6 is 23.1 Å². The molecule has 4 nitrogen and oxygen atoms in total. The lowest BCUT2D eigenvalue weighted by atomic mass is 10.3. The van der Waals surface area contributed by atoms with E-state index in [1.54, 1.807) is 34.0 Å². The number of thioether (sulfide) groups is 1. The van der Waals surface area contributed by atoms with Gasteiger partial charge in [-0.1, -0.05) is 23.9 Å². The Bertz CT molecular complexity index is 1210. The average molecular weight is 401 g/mol. The van der Waals surface area contributed by atoms with Gasteiger partial charge in [0.05, 0.1) is 5.69 Å². The maximum Gasteiger partial charge on any atom is 0.271 e. The van der Waals surface area contributed by atoms with Crippen LogP contribution < -0.4 is 24.2 Å². The predicted molar refractivity (Wildman–Crippen MR) is 109 cm³/mol. The van der Waals surface area contributed by atoms with Gasteiger partial charge in [-0.25, -0.2) is 4.39 Å². The normalized spacial score (nSPS) is 16.1. The number of halogens is 1. The molecule has 3 heterocycles. The van der Waals surface area contributed by atoms with Crippen LogP contribution in [0.4, 0.5) is 10.1 Å². The molecule has 138 valence electrons. The first-order chi connectivity index (χ1) is 13.0. The van der Waals surface area contributed by atoms with E-state index in [1.165, 1.54) is 23.6 Å². The molecule has 0 saturated heterocycles. The molecule has 0 saturated carbocycles. The number of hydrogen-bond acceptors (Lipinski definition) is 4. The highest BCUT2D eigenvalue weighted by atomic mass is 32.2. The quantitative estimate of drug-likeness (QED) is 0.617. The van der Waals surface area contributed by atoms with Gasteiger partial charge in [0.25, 0.3) is 5.56 Å². The summed E-state index contributed by atoms with van der Waals surface area (Å²) in [6, 6.07) is 11.3. The van der Waals surface area contributed by atoms with E-state index in [4.69, 9.17) is 0 Å². The first-order valence-corrected chi connectivity index (χ1v) is 10.2. The molecule has 0 unspecified atom stereocenters. The highest BCUT2D eigenvalue weighted by molar-refractivity contribution is 8.08. The van der Waals surface area contributed by atoms with Gasteiger partial charge in [-0.05, 0) is 25.1 Å². The van der Waals surface area contributed by atoms with Crippen LogP contribution in [0.2, 0.25) is 0 Å². The van der Waals surface area contributed by atoms with Gasteiger partial charge in [-0.2, -0.15) is 4.57 Å².